The van der Waals surface area contributed by atoms with Crippen molar-refractivity contribution < 1.29 is 17.9 Å². The van der Waals surface area contributed by atoms with E-state index >= 15 is 0 Å². The highest BCUT2D eigenvalue weighted by Crippen LogP contribution is 2.30. The van der Waals surface area contributed by atoms with Crippen molar-refractivity contribution in [2.45, 2.75) is 4.90 Å². The van der Waals surface area contributed by atoms with Gasteiger partial charge in [0.05, 0.1) is 24.8 Å². The molecule has 2 rings (SSSR count). The summed E-state index contributed by atoms with van der Waals surface area (Å²) >= 11 is 0. The van der Waals surface area contributed by atoms with Gasteiger partial charge in [0.15, 0.2) is 11.5 Å². The molecule has 0 amide bonds. The van der Waals surface area contributed by atoms with Crippen molar-refractivity contribution in [3.63, 3.8) is 0 Å². The quantitative estimate of drug-likeness (QED) is 0.825. The molecule has 3 N–H and O–H groups in total. The number of nitrogens with one attached hydrogen (secondary N) is 1. The second-order valence-electron chi connectivity index (χ2n) is 4.25. The number of methoxy groups -OCH3 is 2. The number of hydrogen-bond acceptors (Lipinski definition) is 5. The van der Waals surface area contributed by atoms with Crippen LogP contribution < -0.4 is 19.9 Å². The molecule has 2 aromatic rings. The Morgan fingerprint density at radius 2 is 1.71 bits per heavy atom. The van der Waals surface area contributed by atoms with Crippen LogP contribution in [0.15, 0.2) is 47.4 Å². The molecule has 21 heavy (non-hydrogen) atoms. The molecule has 6 nitrogen and oxygen atoms in total. The van der Waals surface area contributed by atoms with Gasteiger partial charge in [0.1, 0.15) is 0 Å². The minimum Gasteiger partial charge on any atom is -0.493 e. The Morgan fingerprint density at radius 1 is 1.00 bits per heavy atom. The van der Waals surface area contributed by atoms with Gasteiger partial charge in [0.2, 0.25) is 0 Å². The third kappa shape index (κ3) is 3.38. The molecule has 0 aliphatic rings. The van der Waals surface area contributed by atoms with Crippen molar-refractivity contribution in [3.05, 3.63) is 42.5 Å². The first-order valence-electron chi connectivity index (χ1n) is 6.06. The maximum Gasteiger partial charge on any atom is 0.262 e. The molecule has 0 aliphatic heterocycles. The zero-order valence-electron chi connectivity index (χ0n) is 11.7. The fourth-order valence-electron chi connectivity index (χ4n) is 1.80. The van der Waals surface area contributed by atoms with Crippen LogP contribution in [0.5, 0.6) is 11.5 Å². The molecular formula is C14H16N2O4S. The highest BCUT2D eigenvalue weighted by Gasteiger charge is 2.17. The van der Waals surface area contributed by atoms with E-state index < -0.39 is 10.0 Å². The molecule has 2 aromatic carbocycles. The lowest BCUT2D eigenvalue weighted by Crippen LogP contribution is -2.13. The predicted molar refractivity (Wildman–Crippen MR) is 81.2 cm³/mol. The first-order chi connectivity index (χ1) is 9.96. The normalized spacial score (nSPS) is 11.0. The number of rotatable bonds is 5. The minimum absolute atomic E-state index is 0.0718. The molecule has 0 aromatic heterocycles. The molecule has 0 unspecified atom stereocenters. The van der Waals surface area contributed by atoms with Crippen LogP contribution in [0.4, 0.5) is 11.4 Å². The van der Waals surface area contributed by atoms with Gasteiger partial charge in [-0.15, -0.1) is 0 Å². The average molecular weight is 308 g/mol. The van der Waals surface area contributed by atoms with Crippen molar-refractivity contribution >= 4 is 21.4 Å². The van der Waals surface area contributed by atoms with Crippen LogP contribution in [0.1, 0.15) is 0 Å². The van der Waals surface area contributed by atoms with E-state index in [1.54, 1.807) is 18.2 Å². The number of nitrogens with two attached hydrogens (primary N) is 1. The lowest BCUT2D eigenvalue weighted by Gasteiger charge is -2.11. The zero-order chi connectivity index (χ0) is 15.5. The Hall–Kier alpha value is -2.41. The molecule has 7 heteroatoms. The third-order valence-electron chi connectivity index (χ3n) is 2.80. The topological polar surface area (TPSA) is 90.7 Å². The van der Waals surface area contributed by atoms with Crippen LogP contribution in [-0.4, -0.2) is 22.6 Å². The molecule has 0 atom stereocenters. The van der Waals surface area contributed by atoms with Crippen LogP contribution in [0, 0.1) is 0 Å². The molecule has 112 valence electrons. The Kier molecular flexibility index (Phi) is 4.23. The van der Waals surface area contributed by atoms with Crippen molar-refractivity contribution in [1.29, 1.82) is 0 Å². The smallest absolute Gasteiger partial charge is 0.262 e. The van der Waals surface area contributed by atoms with E-state index in [1.165, 1.54) is 38.5 Å². The van der Waals surface area contributed by atoms with Gasteiger partial charge in [-0.25, -0.2) is 8.42 Å². The summed E-state index contributed by atoms with van der Waals surface area (Å²) in [7, 11) is -0.802. The summed E-state index contributed by atoms with van der Waals surface area (Å²) in [5.41, 5.74) is 6.50. The second-order valence-corrected chi connectivity index (χ2v) is 5.93. The number of nitrogen functional groups attached to an aromatic ring is 1. The summed E-state index contributed by atoms with van der Waals surface area (Å²) in [4.78, 5) is 0.0718. The van der Waals surface area contributed by atoms with E-state index in [9.17, 15) is 8.42 Å². The molecule has 0 spiro atoms. The van der Waals surface area contributed by atoms with Crippen LogP contribution in [0.3, 0.4) is 0 Å². The van der Waals surface area contributed by atoms with Gasteiger partial charge in [-0.2, -0.15) is 0 Å². The average Bonchev–Trinajstić information content (AvgIpc) is 2.46. The van der Waals surface area contributed by atoms with Crippen LogP contribution in [0.2, 0.25) is 0 Å². The highest BCUT2D eigenvalue weighted by atomic mass is 32.2. The molecule has 0 aliphatic carbocycles. The number of benzene rings is 2. The summed E-state index contributed by atoms with van der Waals surface area (Å²) in [5, 5.41) is 0. The fourth-order valence-corrected chi connectivity index (χ4v) is 2.86. The van der Waals surface area contributed by atoms with Gasteiger partial charge in [-0.05, 0) is 30.3 Å². The van der Waals surface area contributed by atoms with Crippen LogP contribution in [-0.2, 0) is 10.0 Å². The fraction of sp³-hybridized carbons (Fsp3) is 0.143. The molecular weight excluding hydrogens is 292 g/mol. The first-order valence-corrected chi connectivity index (χ1v) is 7.55. The first kappa shape index (κ1) is 15.0. The van der Waals surface area contributed by atoms with E-state index in [1.807, 2.05) is 0 Å². The number of sulfonamides is 1. The maximum atomic E-state index is 12.3. The lowest BCUT2D eigenvalue weighted by molar-refractivity contribution is 0.354. The van der Waals surface area contributed by atoms with Gasteiger partial charge in [0, 0.05) is 11.8 Å². The number of hydrogen-bond donors (Lipinski definition) is 2. The minimum atomic E-state index is -3.73. The van der Waals surface area contributed by atoms with Gasteiger partial charge in [-0.1, -0.05) is 6.07 Å². The van der Waals surface area contributed by atoms with Crippen LogP contribution in [0.25, 0.3) is 0 Å². The van der Waals surface area contributed by atoms with E-state index in [4.69, 9.17) is 15.2 Å². The standard InChI is InChI=1S/C14H16N2O4S/c1-19-13-7-6-12(9-14(13)20-2)21(17,18)16-11-5-3-4-10(15)8-11/h3-9,16H,15H2,1-2H3. The van der Waals surface area contributed by atoms with Crippen molar-refractivity contribution in [3.8, 4) is 11.5 Å². The Morgan fingerprint density at radius 3 is 2.33 bits per heavy atom. The Labute approximate surface area is 123 Å². The van der Waals surface area contributed by atoms with Gasteiger partial charge in [0.25, 0.3) is 10.0 Å². The Balaban J connectivity index is 2.35. The predicted octanol–water partition coefficient (Wildman–Crippen LogP) is 2.09. The largest absolute Gasteiger partial charge is 0.493 e. The summed E-state index contributed by atoms with van der Waals surface area (Å²) in [6.07, 6.45) is 0. The van der Waals surface area contributed by atoms with Crippen LogP contribution >= 0.6 is 0 Å². The third-order valence-corrected chi connectivity index (χ3v) is 4.18. The van der Waals surface area contributed by atoms with E-state index in [0.29, 0.717) is 22.9 Å². The molecule has 0 fully saturated rings. The van der Waals surface area contributed by atoms with Gasteiger partial charge >= 0.3 is 0 Å². The maximum absolute atomic E-state index is 12.3. The SMILES string of the molecule is COc1ccc(S(=O)(=O)Nc2cccc(N)c2)cc1OC. The molecule has 0 saturated carbocycles. The van der Waals surface area contributed by atoms with E-state index in [0.717, 1.165) is 0 Å². The van der Waals surface area contributed by atoms with E-state index in [2.05, 4.69) is 4.72 Å². The number of ether oxygens (including phenoxy) is 2. The summed E-state index contributed by atoms with van der Waals surface area (Å²) < 4.78 is 37.3. The van der Waals surface area contributed by atoms with Gasteiger partial charge in [-0.3, -0.25) is 4.72 Å². The Bertz CT molecular complexity index is 744. The summed E-state index contributed by atoms with van der Waals surface area (Å²) in [5.74, 6) is 0.799. The van der Waals surface area contributed by atoms with Crippen molar-refractivity contribution in [2.24, 2.45) is 0 Å². The molecule has 0 heterocycles. The highest BCUT2D eigenvalue weighted by molar-refractivity contribution is 7.92. The summed E-state index contributed by atoms with van der Waals surface area (Å²) in [6.45, 7) is 0. The van der Waals surface area contributed by atoms with Crippen molar-refractivity contribution in [2.75, 3.05) is 24.7 Å². The van der Waals surface area contributed by atoms with Gasteiger partial charge < -0.3 is 15.2 Å². The number of anilines is 2. The van der Waals surface area contributed by atoms with E-state index in [-0.39, 0.29) is 4.90 Å². The molecule has 0 bridgehead atoms. The molecule has 0 saturated heterocycles. The van der Waals surface area contributed by atoms with Crippen molar-refractivity contribution in [1.82, 2.24) is 0 Å². The monoisotopic (exact) mass is 308 g/mol. The second kappa shape index (κ2) is 5.92. The lowest BCUT2D eigenvalue weighted by atomic mass is 10.3. The zero-order valence-corrected chi connectivity index (χ0v) is 12.5. The summed E-state index contributed by atoms with van der Waals surface area (Å²) in [6, 6.07) is 10.9. The molecule has 0 radical (unpaired) electrons.